The van der Waals surface area contributed by atoms with Crippen LogP contribution in [0.1, 0.15) is 27.4 Å². The summed E-state index contributed by atoms with van der Waals surface area (Å²) in [5, 5.41) is 2.84. The molecule has 23 heavy (non-hydrogen) atoms. The second-order valence-corrected chi connectivity index (χ2v) is 4.89. The van der Waals surface area contributed by atoms with E-state index >= 15 is 0 Å². The number of benzene rings is 1. The highest BCUT2D eigenvalue weighted by Crippen LogP contribution is 2.14. The van der Waals surface area contributed by atoms with Gasteiger partial charge in [-0.05, 0) is 49.2 Å². The van der Waals surface area contributed by atoms with Gasteiger partial charge in [-0.1, -0.05) is 18.1 Å². The Morgan fingerprint density at radius 2 is 2.04 bits per heavy atom. The van der Waals surface area contributed by atoms with E-state index in [-0.39, 0.29) is 5.91 Å². The Bertz CT molecular complexity index is 886. The number of carbonyl (C=O) groups is 1. The van der Waals surface area contributed by atoms with E-state index in [0.717, 1.165) is 5.56 Å². The Kier molecular flexibility index (Phi) is 4.21. The first-order valence-corrected chi connectivity index (χ1v) is 7.11. The molecule has 4 heteroatoms. The highest BCUT2D eigenvalue weighted by Gasteiger charge is 2.11. The van der Waals surface area contributed by atoms with Crippen molar-refractivity contribution >= 4 is 11.6 Å². The van der Waals surface area contributed by atoms with Gasteiger partial charge in [-0.2, -0.15) is 0 Å². The van der Waals surface area contributed by atoms with Gasteiger partial charge in [0, 0.05) is 17.4 Å². The van der Waals surface area contributed by atoms with Crippen LogP contribution in [0.2, 0.25) is 0 Å². The normalized spacial score (nSPS) is 9.78. The van der Waals surface area contributed by atoms with Gasteiger partial charge in [0.15, 0.2) is 0 Å². The van der Waals surface area contributed by atoms with Gasteiger partial charge < -0.3 is 9.73 Å². The van der Waals surface area contributed by atoms with E-state index < -0.39 is 0 Å². The van der Waals surface area contributed by atoms with Gasteiger partial charge in [0.25, 0.3) is 5.91 Å². The van der Waals surface area contributed by atoms with Crippen molar-refractivity contribution in [1.29, 1.82) is 0 Å². The minimum Gasteiger partial charge on any atom is -0.469 e. The fourth-order valence-electron chi connectivity index (χ4n) is 2.07. The fraction of sp³-hybridized carbons (Fsp3) is 0.0526. The molecule has 0 aliphatic rings. The van der Waals surface area contributed by atoms with Gasteiger partial charge in [-0.15, -0.1) is 0 Å². The highest BCUT2D eigenvalue weighted by atomic mass is 16.3. The summed E-state index contributed by atoms with van der Waals surface area (Å²) in [6.07, 6.45) is 3.20. The molecule has 1 amide bonds. The third-order valence-electron chi connectivity index (χ3n) is 3.22. The number of nitrogens with zero attached hydrogens (tertiary/aromatic N) is 1. The number of anilines is 1. The van der Waals surface area contributed by atoms with Crippen LogP contribution >= 0.6 is 0 Å². The molecule has 0 spiro atoms. The number of pyridine rings is 1. The molecule has 0 aliphatic carbocycles. The van der Waals surface area contributed by atoms with Crippen LogP contribution in [0.3, 0.4) is 0 Å². The third kappa shape index (κ3) is 3.66. The van der Waals surface area contributed by atoms with E-state index in [0.29, 0.717) is 22.7 Å². The standard InChI is InChI=1S/C19H14N2O2/c1-14-18(10-12-23-14)19(22)21-17-7-4-5-15(13-17)8-9-16-6-2-3-11-20-16/h2-7,10-13H,1H3,(H,21,22). The lowest BCUT2D eigenvalue weighted by atomic mass is 10.2. The molecule has 2 aromatic heterocycles. The first-order chi connectivity index (χ1) is 11.2. The summed E-state index contributed by atoms with van der Waals surface area (Å²) >= 11 is 0. The monoisotopic (exact) mass is 302 g/mol. The summed E-state index contributed by atoms with van der Waals surface area (Å²) in [5.41, 5.74) is 2.71. The second-order valence-electron chi connectivity index (χ2n) is 4.89. The molecular weight excluding hydrogens is 288 g/mol. The maximum absolute atomic E-state index is 12.2. The van der Waals surface area contributed by atoms with E-state index in [1.807, 2.05) is 42.5 Å². The largest absolute Gasteiger partial charge is 0.469 e. The molecule has 3 rings (SSSR count). The molecule has 0 bridgehead atoms. The Hall–Kier alpha value is -3.32. The molecule has 1 aromatic carbocycles. The number of furan rings is 1. The molecule has 3 aromatic rings. The maximum Gasteiger partial charge on any atom is 0.259 e. The van der Waals surface area contributed by atoms with Crippen molar-refractivity contribution in [3.05, 3.63) is 83.6 Å². The van der Waals surface area contributed by atoms with Gasteiger partial charge >= 0.3 is 0 Å². The van der Waals surface area contributed by atoms with Crippen molar-refractivity contribution in [3.63, 3.8) is 0 Å². The van der Waals surface area contributed by atoms with E-state index in [4.69, 9.17) is 4.42 Å². The molecule has 0 aliphatic heterocycles. The van der Waals surface area contributed by atoms with Crippen LogP contribution in [0.25, 0.3) is 0 Å². The van der Waals surface area contributed by atoms with Crippen molar-refractivity contribution in [3.8, 4) is 11.8 Å². The molecule has 0 fully saturated rings. The van der Waals surface area contributed by atoms with E-state index in [9.17, 15) is 4.79 Å². The third-order valence-corrected chi connectivity index (χ3v) is 3.22. The number of carbonyl (C=O) groups excluding carboxylic acids is 1. The lowest BCUT2D eigenvalue weighted by Crippen LogP contribution is -2.12. The van der Waals surface area contributed by atoms with Crippen LogP contribution in [0.4, 0.5) is 5.69 Å². The predicted octanol–water partition coefficient (Wildman–Crippen LogP) is 3.64. The van der Waals surface area contributed by atoms with Gasteiger partial charge in [0.2, 0.25) is 0 Å². The van der Waals surface area contributed by atoms with Crippen molar-refractivity contribution < 1.29 is 9.21 Å². The van der Waals surface area contributed by atoms with E-state index in [1.54, 1.807) is 19.2 Å². The second kappa shape index (κ2) is 6.63. The Morgan fingerprint density at radius 1 is 1.13 bits per heavy atom. The molecule has 0 saturated heterocycles. The first kappa shape index (κ1) is 14.6. The number of hydrogen-bond donors (Lipinski definition) is 1. The number of aryl methyl sites for hydroxylation is 1. The number of aromatic nitrogens is 1. The molecule has 2 heterocycles. The zero-order valence-electron chi connectivity index (χ0n) is 12.5. The first-order valence-electron chi connectivity index (χ1n) is 7.11. The van der Waals surface area contributed by atoms with Gasteiger partial charge in [0.05, 0.1) is 11.8 Å². The number of rotatable bonds is 2. The summed E-state index contributed by atoms with van der Waals surface area (Å²) in [4.78, 5) is 16.3. The van der Waals surface area contributed by atoms with Crippen molar-refractivity contribution in [2.24, 2.45) is 0 Å². The van der Waals surface area contributed by atoms with Crippen LogP contribution in [0.5, 0.6) is 0 Å². The molecule has 4 nitrogen and oxygen atoms in total. The summed E-state index contributed by atoms with van der Waals surface area (Å²) < 4.78 is 5.14. The van der Waals surface area contributed by atoms with E-state index in [1.165, 1.54) is 6.26 Å². The topological polar surface area (TPSA) is 55.1 Å². The Labute approximate surface area is 134 Å². The van der Waals surface area contributed by atoms with Crippen molar-refractivity contribution in [2.45, 2.75) is 6.92 Å². The molecule has 0 unspecified atom stereocenters. The lowest BCUT2D eigenvalue weighted by Gasteiger charge is -2.04. The predicted molar refractivity (Wildman–Crippen MR) is 88.1 cm³/mol. The molecule has 0 saturated carbocycles. The van der Waals surface area contributed by atoms with Gasteiger partial charge in [-0.3, -0.25) is 4.79 Å². The summed E-state index contributed by atoms with van der Waals surface area (Å²) in [5.74, 6) is 6.42. The van der Waals surface area contributed by atoms with Gasteiger partial charge in [-0.25, -0.2) is 4.98 Å². The molecule has 0 atom stereocenters. The van der Waals surface area contributed by atoms with Crippen molar-refractivity contribution in [2.75, 3.05) is 5.32 Å². The molecular formula is C19H14N2O2. The Morgan fingerprint density at radius 3 is 2.78 bits per heavy atom. The van der Waals surface area contributed by atoms with Crippen molar-refractivity contribution in [1.82, 2.24) is 4.98 Å². The average molecular weight is 302 g/mol. The van der Waals surface area contributed by atoms with Crippen LogP contribution < -0.4 is 5.32 Å². The van der Waals surface area contributed by atoms with Crippen LogP contribution in [-0.2, 0) is 0 Å². The summed E-state index contributed by atoms with van der Waals surface area (Å²) in [6.45, 7) is 1.75. The molecule has 0 radical (unpaired) electrons. The van der Waals surface area contributed by atoms with Crippen LogP contribution in [0.15, 0.2) is 65.4 Å². The summed E-state index contributed by atoms with van der Waals surface area (Å²) in [7, 11) is 0. The number of hydrogen-bond acceptors (Lipinski definition) is 3. The smallest absolute Gasteiger partial charge is 0.259 e. The number of nitrogens with one attached hydrogen (secondary N) is 1. The van der Waals surface area contributed by atoms with Gasteiger partial charge in [0.1, 0.15) is 11.5 Å². The fourth-order valence-corrected chi connectivity index (χ4v) is 2.07. The average Bonchev–Trinajstić information content (AvgIpc) is 3.00. The minimum atomic E-state index is -0.203. The lowest BCUT2D eigenvalue weighted by molar-refractivity contribution is 0.102. The Balaban J connectivity index is 1.77. The minimum absolute atomic E-state index is 0.203. The zero-order valence-corrected chi connectivity index (χ0v) is 12.5. The summed E-state index contributed by atoms with van der Waals surface area (Å²) in [6, 6.07) is 14.6. The molecule has 112 valence electrons. The van der Waals surface area contributed by atoms with Crippen LogP contribution in [-0.4, -0.2) is 10.9 Å². The van der Waals surface area contributed by atoms with Crippen LogP contribution in [0, 0.1) is 18.8 Å². The molecule has 1 N–H and O–H groups in total. The number of amides is 1. The van der Waals surface area contributed by atoms with E-state index in [2.05, 4.69) is 22.1 Å². The zero-order chi connectivity index (χ0) is 16.1. The quantitative estimate of drug-likeness (QED) is 0.735. The SMILES string of the molecule is Cc1occc1C(=O)Nc1cccc(C#Cc2ccccn2)c1. The maximum atomic E-state index is 12.2. The highest BCUT2D eigenvalue weighted by molar-refractivity contribution is 6.04.